The summed E-state index contributed by atoms with van der Waals surface area (Å²) in [5, 5.41) is 0. The number of hydrogen-bond acceptors (Lipinski definition) is 2. The lowest BCUT2D eigenvalue weighted by molar-refractivity contribution is -0.143. The molecule has 0 heterocycles. The van der Waals surface area contributed by atoms with E-state index in [9.17, 15) is 4.79 Å². The molecule has 0 amide bonds. The molecule has 0 aliphatic rings. The summed E-state index contributed by atoms with van der Waals surface area (Å²) in [5.74, 6) is 5.52. The Morgan fingerprint density at radius 3 is 1.02 bits per heavy atom. The molecule has 0 saturated heterocycles. The van der Waals surface area contributed by atoms with Gasteiger partial charge in [0.25, 0.3) is 0 Å². The molecular formula is C58H116O2. The number of carbonyl (C=O) groups excluding carboxylic acids is 1. The lowest BCUT2D eigenvalue weighted by atomic mass is 9.90. The molecule has 0 radical (unpaired) electrons. The lowest BCUT2D eigenvalue weighted by Crippen LogP contribution is -2.05. The second-order valence-corrected chi connectivity index (χ2v) is 21.2. The fourth-order valence-corrected chi connectivity index (χ4v) is 8.78. The van der Waals surface area contributed by atoms with E-state index in [0.29, 0.717) is 13.0 Å². The summed E-state index contributed by atoms with van der Waals surface area (Å²) in [6, 6.07) is 0. The normalized spacial score (nSPS) is 13.8. The van der Waals surface area contributed by atoms with Crippen LogP contribution in [-0.4, -0.2) is 12.6 Å². The molecular weight excluding hydrogens is 729 g/mol. The summed E-state index contributed by atoms with van der Waals surface area (Å²) in [5.41, 5.74) is 0. The first-order valence-corrected chi connectivity index (χ1v) is 27.8. The number of carbonyl (C=O) groups is 1. The zero-order chi connectivity index (χ0) is 44.7. The van der Waals surface area contributed by atoms with Crippen LogP contribution in [0.4, 0.5) is 0 Å². The molecule has 4 atom stereocenters. The van der Waals surface area contributed by atoms with E-state index in [1.54, 1.807) is 0 Å². The van der Waals surface area contributed by atoms with Crippen LogP contribution in [0.3, 0.4) is 0 Å². The highest BCUT2D eigenvalue weighted by molar-refractivity contribution is 5.69. The first kappa shape index (κ1) is 61.3. The minimum absolute atomic E-state index is 0.00979. The zero-order valence-corrected chi connectivity index (χ0v) is 43.5. The van der Waals surface area contributed by atoms with E-state index in [2.05, 4.69) is 81.4 Å². The molecule has 60 heavy (non-hydrogen) atoms. The Balaban J connectivity index is 0. The fourth-order valence-electron chi connectivity index (χ4n) is 8.78. The third-order valence-electron chi connectivity index (χ3n) is 13.3. The topological polar surface area (TPSA) is 26.3 Å². The van der Waals surface area contributed by atoms with E-state index >= 15 is 0 Å². The first-order valence-electron chi connectivity index (χ1n) is 27.8. The van der Waals surface area contributed by atoms with Crippen molar-refractivity contribution in [2.24, 2.45) is 35.5 Å². The van der Waals surface area contributed by atoms with Gasteiger partial charge >= 0.3 is 5.97 Å². The maximum absolute atomic E-state index is 11.8. The van der Waals surface area contributed by atoms with Crippen LogP contribution in [0.5, 0.6) is 0 Å². The summed E-state index contributed by atoms with van der Waals surface area (Å²) in [6.07, 6.45) is 55.5. The van der Waals surface area contributed by atoms with Crippen molar-refractivity contribution in [3.63, 3.8) is 0 Å². The van der Waals surface area contributed by atoms with Crippen LogP contribution in [0.25, 0.3) is 0 Å². The largest absolute Gasteiger partial charge is 0.466 e. The van der Waals surface area contributed by atoms with E-state index in [1.807, 2.05) is 0 Å². The van der Waals surface area contributed by atoms with Gasteiger partial charge in [0, 0.05) is 6.42 Å². The van der Waals surface area contributed by atoms with E-state index in [4.69, 9.17) is 4.74 Å². The SMILES string of the molecule is CC(C)CCCC(C)CCCC(C)CCCCC(C)CCCC(C)CCCC(C)C.CCCCCCCCC=CCCCCCCCC(=O)OCCCCCCCCCC. The van der Waals surface area contributed by atoms with Gasteiger partial charge in [-0.05, 0) is 74.0 Å². The summed E-state index contributed by atoms with van der Waals surface area (Å²) < 4.78 is 5.36. The Hall–Kier alpha value is -0.790. The van der Waals surface area contributed by atoms with Crippen LogP contribution in [0.1, 0.15) is 313 Å². The van der Waals surface area contributed by atoms with Gasteiger partial charge in [-0.3, -0.25) is 4.79 Å². The maximum atomic E-state index is 11.8. The quantitative estimate of drug-likeness (QED) is 0.0347. The summed E-state index contributed by atoms with van der Waals surface area (Å²) in [6.45, 7) is 24.5. The molecule has 0 aromatic carbocycles. The van der Waals surface area contributed by atoms with E-state index < -0.39 is 0 Å². The third-order valence-corrected chi connectivity index (χ3v) is 13.3. The van der Waals surface area contributed by atoms with E-state index in [1.165, 1.54) is 218 Å². The van der Waals surface area contributed by atoms with Crippen molar-refractivity contribution in [2.45, 2.75) is 313 Å². The molecule has 0 aliphatic heterocycles. The number of hydrogen-bond donors (Lipinski definition) is 0. The minimum Gasteiger partial charge on any atom is -0.466 e. The highest BCUT2D eigenvalue weighted by atomic mass is 16.5. The lowest BCUT2D eigenvalue weighted by Gasteiger charge is -2.16. The number of ether oxygens (including phenoxy) is 1. The Bertz CT molecular complexity index is 810. The van der Waals surface area contributed by atoms with Gasteiger partial charge < -0.3 is 4.74 Å². The van der Waals surface area contributed by atoms with Crippen molar-refractivity contribution in [3.05, 3.63) is 12.2 Å². The van der Waals surface area contributed by atoms with Crippen LogP contribution in [-0.2, 0) is 9.53 Å². The number of allylic oxidation sites excluding steroid dienone is 2. The van der Waals surface area contributed by atoms with Gasteiger partial charge in [0.1, 0.15) is 0 Å². The van der Waals surface area contributed by atoms with Crippen molar-refractivity contribution >= 4 is 5.97 Å². The monoisotopic (exact) mass is 845 g/mol. The Morgan fingerprint density at radius 1 is 0.350 bits per heavy atom. The summed E-state index contributed by atoms with van der Waals surface area (Å²) in [4.78, 5) is 11.8. The average molecular weight is 846 g/mol. The van der Waals surface area contributed by atoms with Gasteiger partial charge in [-0.25, -0.2) is 0 Å². The second-order valence-electron chi connectivity index (χ2n) is 21.2. The van der Waals surface area contributed by atoms with Gasteiger partial charge in [0.15, 0.2) is 0 Å². The molecule has 0 fully saturated rings. The molecule has 360 valence electrons. The van der Waals surface area contributed by atoms with Crippen LogP contribution in [0.15, 0.2) is 12.2 Å². The maximum Gasteiger partial charge on any atom is 0.305 e. The second kappa shape index (κ2) is 49.2. The zero-order valence-electron chi connectivity index (χ0n) is 43.5. The summed E-state index contributed by atoms with van der Waals surface area (Å²) >= 11 is 0. The minimum atomic E-state index is 0.00979. The van der Waals surface area contributed by atoms with Crippen molar-refractivity contribution in [3.8, 4) is 0 Å². The van der Waals surface area contributed by atoms with Crippen LogP contribution in [0.2, 0.25) is 0 Å². The molecule has 0 aromatic rings. The highest BCUT2D eigenvalue weighted by Crippen LogP contribution is 2.24. The molecule has 4 unspecified atom stereocenters. The molecule has 2 nitrogen and oxygen atoms in total. The molecule has 0 bridgehead atoms. The molecule has 0 N–H and O–H groups in total. The molecule has 0 saturated carbocycles. The predicted octanol–water partition coefficient (Wildman–Crippen LogP) is 20.8. The van der Waals surface area contributed by atoms with Crippen molar-refractivity contribution in [2.75, 3.05) is 6.61 Å². The first-order chi connectivity index (χ1) is 29.0. The molecule has 0 rings (SSSR count). The standard InChI is InChI=1S/C30H62.C28H54O2/c1-25(2)15-11-19-29(7)23-13-21-27(5)17-9-10-18-28(6)22-14-24-30(8)20-12-16-26(3)4;1-3-5-7-9-11-13-14-15-16-17-18-19-20-22-24-26-28(29)30-27-25-23-21-12-10-8-6-4-2/h25-30H,9-24H2,1-8H3;15-16H,3-14,17-27H2,1-2H3. The number of unbranched alkanes of at least 4 members (excludes halogenated alkanes) is 19. The van der Waals surface area contributed by atoms with Crippen molar-refractivity contribution < 1.29 is 9.53 Å². The number of rotatable bonds is 45. The molecule has 0 aliphatic carbocycles. The Kier molecular flexibility index (Phi) is 50.3. The Labute approximate surface area is 381 Å². The van der Waals surface area contributed by atoms with Crippen LogP contribution >= 0.6 is 0 Å². The van der Waals surface area contributed by atoms with Crippen molar-refractivity contribution in [1.29, 1.82) is 0 Å². The van der Waals surface area contributed by atoms with Crippen LogP contribution < -0.4 is 0 Å². The van der Waals surface area contributed by atoms with Crippen molar-refractivity contribution in [1.82, 2.24) is 0 Å². The molecule has 0 aromatic heterocycles. The summed E-state index contributed by atoms with van der Waals surface area (Å²) in [7, 11) is 0. The fraction of sp³-hybridized carbons (Fsp3) is 0.948. The van der Waals surface area contributed by atoms with Gasteiger partial charge in [0.05, 0.1) is 6.61 Å². The number of esters is 1. The van der Waals surface area contributed by atoms with E-state index in [0.717, 1.165) is 54.8 Å². The smallest absolute Gasteiger partial charge is 0.305 e. The molecule has 2 heteroatoms. The average Bonchev–Trinajstić information content (AvgIpc) is 3.20. The van der Waals surface area contributed by atoms with E-state index in [-0.39, 0.29) is 5.97 Å². The van der Waals surface area contributed by atoms with Gasteiger partial charge in [-0.2, -0.15) is 0 Å². The Morgan fingerprint density at radius 2 is 0.650 bits per heavy atom. The van der Waals surface area contributed by atoms with Crippen LogP contribution in [0, 0.1) is 35.5 Å². The predicted molar refractivity (Wildman–Crippen MR) is 273 cm³/mol. The third kappa shape index (κ3) is 53.3. The van der Waals surface area contributed by atoms with Gasteiger partial charge in [-0.15, -0.1) is 0 Å². The molecule has 0 spiro atoms. The highest BCUT2D eigenvalue weighted by Gasteiger charge is 2.09. The van der Waals surface area contributed by atoms with Gasteiger partial charge in [0.2, 0.25) is 0 Å². The van der Waals surface area contributed by atoms with Gasteiger partial charge in [-0.1, -0.05) is 280 Å².